The van der Waals surface area contributed by atoms with E-state index in [4.69, 9.17) is 5.73 Å². The van der Waals surface area contributed by atoms with Crippen molar-refractivity contribution < 1.29 is 4.79 Å². The summed E-state index contributed by atoms with van der Waals surface area (Å²) in [7, 11) is 0. The van der Waals surface area contributed by atoms with Gasteiger partial charge in [-0.1, -0.05) is 44.2 Å². The van der Waals surface area contributed by atoms with Gasteiger partial charge in [0.15, 0.2) is 0 Å². The molecule has 1 aromatic carbocycles. The Morgan fingerprint density at radius 3 is 2.68 bits per heavy atom. The quantitative estimate of drug-likeness (QED) is 0.802. The smallest absolute Gasteiger partial charge is 0.234 e. The van der Waals surface area contributed by atoms with Crippen molar-refractivity contribution >= 4 is 5.91 Å². The summed E-state index contributed by atoms with van der Waals surface area (Å²) in [5.41, 5.74) is 10.6. The van der Waals surface area contributed by atoms with Crippen molar-refractivity contribution in [2.24, 2.45) is 11.1 Å². The Hall–Kier alpha value is -2.18. The standard InChI is InChI=1S/C22H33N5O/c1-16-19(17(2)27(25-16)13-18-8-6-5-7-9-18)12-24-21(28)14-26-11-10-20(23)22(3,4)15-26/h5-9,20H,10-15,23H2,1-4H3,(H,24,28). The lowest BCUT2D eigenvalue weighted by Gasteiger charge is -2.42. The lowest BCUT2D eigenvalue weighted by Crippen LogP contribution is -2.54. The van der Waals surface area contributed by atoms with Crippen molar-refractivity contribution in [2.75, 3.05) is 19.6 Å². The second-order valence-corrected chi connectivity index (χ2v) is 8.66. The molecule has 1 aliphatic heterocycles. The van der Waals surface area contributed by atoms with Crippen LogP contribution >= 0.6 is 0 Å². The third kappa shape index (κ3) is 4.80. The van der Waals surface area contributed by atoms with Crippen molar-refractivity contribution in [1.29, 1.82) is 0 Å². The van der Waals surface area contributed by atoms with Crippen LogP contribution in [0.1, 0.15) is 42.8 Å². The molecule has 3 N–H and O–H groups in total. The molecule has 2 aromatic rings. The van der Waals surface area contributed by atoms with E-state index in [0.717, 1.165) is 43.0 Å². The van der Waals surface area contributed by atoms with E-state index in [-0.39, 0.29) is 17.4 Å². The van der Waals surface area contributed by atoms with Crippen LogP contribution in [0, 0.1) is 19.3 Å². The van der Waals surface area contributed by atoms with E-state index in [1.807, 2.05) is 29.8 Å². The maximum Gasteiger partial charge on any atom is 0.234 e. The molecule has 1 atom stereocenters. The molecule has 6 heteroatoms. The molecular formula is C22H33N5O. The van der Waals surface area contributed by atoms with Crippen LogP contribution in [0.15, 0.2) is 30.3 Å². The van der Waals surface area contributed by atoms with Crippen molar-refractivity contribution in [3.63, 3.8) is 0 Å². The highest BCUT2D eigenvalue weighted by molar-refractivity contribution is 5.78. The first kappa shape index (κ1) is 20.6. The Morgan fingerprint density at radius 1 is 1.29 bits per heavy atom. The Labute approximate surface area is 168 Å². The van der Waals surface area contributed by atoms with E-state index in [0.29, 0.717) is 13.1 Å². The molecule has 2 heterocycles. The number of nitrogens with one attached hydrogen (secondary N) is 1. The van der Waals surface area contributed by atoms with Gasteiger partial charge in [0.1, 0.15) is 0 Å². The van der Waals surface area contributed by atoms with Crippen molar-refractivity contribution in [1.82, 2.24) is 20.0 Å². The van der Waals surface area contributed by atoms with Crippen LogP contribution < -0.4 is 11.1 Å². The van der Waals surface area contributed by atoms with Crippen LogP contribution in [0.3, 0.4) is 0 Å². The van der Waals surface area contributed by atoms with Crippen LogP contribution in [0.5, 0.6) is 0 Å². The molecule has 0 saturated carbocycles. The molecule has 1 aromatic heterocycles. The molecule has 1 unspecified atom stereocenters. The highest BCUT2D eigenvalue weighted by atomic mass is 16.2. The van der Waals surface area contributed by atoms with Crippen LogP contribution in [0.25, 0.3) is 0 Å². The highest BCUT2D eigenvalue weighted by Gasteiger charge is 2.33. The van der Waals surface area contributed by atoms with Crippen LogP contribution in [-0.4, -0.2) is 46.3 Å². The zero-order chi connectivity index (χ0) is 20.3. The number of nitrogens with two attached hydrogens (primary N) is 1. The maximum atomic E-state index is 12.5. The second-order valence-electron chi connectivity index (χ2n) is 8.66. The lowest BCUT2D eigenvalue weighted by atomic mass is 9.80. The Morgan fingerprint density at radius 2 is 2.00 bits per heavy atom. The summed E-state index contributed by atoms with van der Waals surface area (Å²) in [6.07, 6.45) is 0.935. The molecule has 0 aliphatic carbocycles. The number of hydrogen-bond donors (Lipinski definition) is 2. The number of likely N-dealkylation sites (tertiary alicyclic amines) is 1. The molecule has 0 bridgehead atoms. The van der Waals surface area contributed by atoms with Gasteiger partial charge in [0.2, 0.25) is 5.91 Å². The number of benzene rings is 1. The second kappa shape index (κ2) is 8.45. The summed E-state index contributed by atoms with van der Waals surface area (Å²) in [5, 5.41) is 7.75. The highest BCUT2D eigenvalue weighted by Crippen LogP contribution is 2.27. The third-order valence-electron chi connectivity index (χ3n) is 5.93. The zero-order valence-corrected chi connectivity index (χ0v) is 17.5. The monoisotopic (exact) mass is 383 g/mol. The van der Waals surface area contributed by atoms with Gasteiger partial charge in [-0.15, -0.1) is 0 Å². The first-order valence-corrected chi connectivity index (χ1v) is 10.1. The average Bonchev–Trinajstić information content (AvgIpc) is 2.90. The number of aryl methyl sites for hydroxylation is 1. The molecule has 1 amide bonds. The van der Waals surface area contributed by atoms with E-state index in [1.54, 1.807) is 0 Å². The van der Waals surface area contributed by atoms with Crippen molar-refractivity contribution in [2.45, 2.75) is 53.2 Å². The zero-order valence-electron chi connectivity index (χ0n) is 17.5. The first-order chi connectivity index (χ1) is 13.3. The number of aromatic nitrogens is 2. The molecular weight excluding hydrogens is 350 g/mol. The van der Waals surface area contributed by atoms with Crippen molar-refractivity contribution in [3.8, 4) is 0 Å². The van der Waals surface area contributed by atoms with E-state index in [2.05, 4.69) is 48.2 Å². The van der Waals surface area contributed by atoms with Gasteiger partial charge in [0.25, 0.3) is 0 Å². The van der Waals surface area contributed by atoms with E-state index in [1.165, 1.54) is 5.56 Å². The summed E-state index contributed by atoms with van der Waals surface area (Å²) >= 11 is 0. The molecule has 1 fully saturated rings. The van der Waals surface area contributed by atoms with E-state index >= 15 is 0 Å². The average molecular weight is 384 g/mol. The Kier molecular flexibility index (Phi) is 6.20. The van der Waals surface area contributed by atoms with Crippen LogP contribution in [-0.2, 0) is 17.9 Å². The lowest BCUT2D eigenvalue weighted by molar-refractivity contribution is -0.123. The fourth-order valence-corrected chi connectivity index (χ4v) is 3.97. The molecule has 3 rings (SSSR count). The maximum absolute atomic E-state index is 12.5. The number of carbonyl (C=O) groups is 1. The largest absolute Gasteiger partial charge is 0.351 e. The molecule has 28 heavy (non-hydrogen) atoms. The number of nitrogens with zero attached hydrogens (tertiary/aromatic N) is 3. The minimum Gasteiger partial charge on any atom is -0.351 e. The predicted molar refractivity (Wildman–Crippen MR) is 112 cm³/mol. The van der Waals surface area contributed by atoms with Gasteiger partial charge in [-0.2, -0.15) is 5.10 Å². The number of rotatable bonds is 6. The summed E-state index contributed by atoms with van der Waals surface area (Å²) in [6, 6.07) is 10.5. The third-order valence-corrected chi connectivity index (χ3v) is 5.93. The van der Waals surface area contributed by atoms with Gasteiger partial charge in [0, 0.05) is 36.9 Å². The summed E-state index contributed by atoms with van der Waals surface area (Å²) in [6.45, 7) is 11.8. The molecule has 1 aliphatic rings. The van der Waals surface area contributed by atoms with Crippen LogP contribution in [0.4, 0.5) is 0 Å². The normalized spacial score (nSPS) is 19.5. The number of piperidine rings is 1. The van der Waals surface area contributed by atoms with Gasteiger partial charge < -0.3 is 11.1 Å². The Balaban J connectivity index is 1.56. The van der Waals surface area contributed by atoms with Crippen LogP contribution in [0.2, 0.25) is 0 Å². The van der Waals surface area contributed by atoms with Crippen molar-refractivity contribution in [3.05, 3.63) is 52.8 Å². The molecule has 6 nitrogen and oxygen atoms in total. The van der Waals surface area contributed by atoms with Gasteiger partial charge in [-0.05, 0) is 31.2 Å². The minimum absolute atomic E-state index is 0.0459. The number of carbonyl (C=O) groups excluding carboxylic acids is 1. The molecule has 152 valence electrons. The SMILES string of the molecule is Cc1nn(Cc2ccccc2)c(C)c1CNC(=O)CN1CCC(N)C(C)(C)C1. The van der Waals surface area contributed by atoms with Gasteiger partial charge in [-0.25, -0.2) is 0 Å². The summed E-state index contributed by atoms with van der Waals surface area (Å²) in [5.74, 6) is 0.0564. The fraction of sp³-hybridized carbons (Fsp3) is 0.545. The first-order valence-electron chi connectivity index (χ1n) is 10.1. The number of amides is 1. The van der Waals surface area contributed by atoms with E-state index in [9.17, 15) is 4.79 Å². The molecule has 0 radical (unpaired) electrons. The summed E-state index contributed by atoms with van der Waals surface area (Å²) < 4.78 is 2.01. The fourth-order valence-electron chi connectivity index (χ4n) is 3.97. The van der Waals surface area contributed by atoms with E-state index < -0.39 is 0 Å². The van der Waals surface area contributed by atoms with Gasteiger partial charge >= 0.3 is 0 Å². The van der Waals surface area contributed by atoms with Gasteiger partial charge in [-0.3, -0.25) is 14.4 Å². The number of hydrogen-bond acceptors (Lipinski definition) is 4. The minimum atomic E-state index is 0.0459. The molecule has 0 spiro atoms. The Bertz CT molecular complexity index is 812. The predicted octanol–water partition coefficient (Wildman–Crippen LogP) is 2.22. The van der Waals surface area contributed by atoms with Gasteiger partial charge in [0.05, 0.1) is 18.8 Å². The topological polar surface area (TPSA) is 76.2 Å². The molecule has 1 saturated heterocycles. The summed E-state index contributed by atoms with van der Waals surface area (Å²) in [4.78, 5) is 14.7.